The number of pyridine rings is 2. The summed E-state index contributed by atoms with van der Waals surface area (Å²) in [5, 5.41) is 6.44. The first-order valence-corrected chi connectivity index (χ1v) is 9.42. The van der Waals surface area contributed by atoms with E-state index in [0.717, 1.165) is 6.20 Å². The van der Waals surface area contributed by atoms with Gasteiger partial charge in [-0.3, -0.25) is 14.8 Å². The molecule has 0 fully saturated rings. The zero-order chi connectivity index (χ0) is 22.9. The first-order chi connectivity index (χ1) is 14.5. The summed E-state index contributed by atoms with van der Waals surface area (Å²) >= 11 is 5.83. The number of alkyl halides is 5. The molecule has 12 heteroatoms. The summed E-state index contributed by atoms with van der Waals surface area (Å²) in [7, 11) is 0. The van der Waals surface area contributed by atoms with Crippen molar-refractivity contribution in [1.29, 1.82) is 0 Å². The van der Waals surface area contributed by atoms with Crippen molar-refractivity contribution in [2.75, 3.05) is 0 Å². The molecule has 166 valence electrons. The smallest absolute Gasteiger partial charge is 0.289 e. The van der Waals surface area contributed by atoms with E-state index in [1.807, 2.05) is 0 Å². The second kappa shape index (κ2) is 8.74. The molecule has 0 spiro atoms. The van der Waals surface area contributed by atoms with Crippen molar-refractivity contribution in [2.24, 2.45) is 0 Å². The van der Waals surface area contributed by atoms with Crippen molar-refractivity contribution in [3.05, 3.63) is 52.7 Å². The Kier molecular flexibility index (Phi) is 6.44. The largest absolute Gasteiger partial charge is 0.348 e. The van der Waals surface area contributed by atoms with Crippen molar-refractivity contribution < 1.29 is 26.7 Å². The van der Waals surface area contributed by atoms with Gasteiger partial charge in [0.2, 0.25) is 5.91 Å². The maximum atomic E-state index is 13.6. The second-order valence-electron chi connectivity index (χ2n) is 6.99. The van der Waals surface area contributed by atoms with Gasteiger partial charge in [0.15, 0.2) is 0 Å². The topological polar surface area (TPSA) is 72.7 Å². The van der Waals surface area contributed by atoms with E-state index in [4.69, 9.17) is 11.6 Å². The van der Waals surface area contributed by atoms with Crippen LogP contribution in [0, 0.1) is 0 Å². The maximum Gasteiger partial charge on any atom is 0.289 e. The number of halogens is 6. The number of rotatable bonds is 7. The Hall–Kier alpha value is -2.82. The van der Waals surface area contributed by atoms with E-state index in [9.17, 15) is 26.7 Å². The lowest BCUT2D eigenvalue weighted by molar-refractivity contribution is -0.121. The molecule has 0 aliphatic rings. The summed E-state index contributed by atoms with van der Waals surface area (Å²) in [4.78, 5) is 20.0. The molecule has 31 heavy (non-hydrogen) atoms. The molecule has 0 aliphatic carbocycles. The molecule has 6 nitrogen and oxygen atoms in total. The molecule has 2 atom stereocenters. The lowest BCUT2D eigenvalue weighted by Crippen LogP contribution is -2.28. The van der Waals surface area contributed by atoms with Crippen molar-refractivity contribution >= 4 is 28.4 Å². The standard InChI is InChI=1S/C19H17ClF5N5O/c1-9(13-5-11-7-28-30(14(11)8-26-13)18(23)17(21)22)29-15(31)4-10-3-12(20)16(27-6-10)19(2,24)25/h3,5-9,17-18H,4H2,1-2H3,(H,29,31). The average molecular weight is 462 g/mol. The zero-order valence-electron chi connectivity index (χ0n) is 16.3. The highest BCUT2D eigenvalue weighted by atomic mass is 35.5. The fraction of sp³-hybridized carbons (Fsp3) is 0.368. The number of carbonyl (C=O) groups is 1. The highest BCUT2D eigenvalue weighted by Gasteiger charge is 2.29. The number of hydrogen-bond acceptors (Lipinski definition) is 4. The van der Waals surface area contributed by atoms with Crippen LogP contribution in [0.2, 0.25) is 5.02 Å². The van der Waals surface area contributed by atoms with Crippen LogP contribution in [0.1, 0.15) is 43.1 Å². The minimum Gasteiger partial charge on any atom is -0.348 e. The van der Waals surface area contributed by atoms with Crippen molar-refractivity contribution in [3.63, 3.8) is 0 Å². The van der Waals surface area contributed by atoms with Crippen LogP contribution in [0.3, 0.4) is 0 Å². The summed E-state index contributed by atoms with van der Waals surface area (Å²) in [6, 6.07) is 2.17. The number of carbonyl (C=O) groups excluding carboxylic acids is 1. The van der Waals surface area contributed by atoms with Crippen LogP contribution in [0.4, 0.5) is 22.0 Å². The van der Waals surface area contributed by atoms with Gasteiger partial charge in [0.25, 0.3) is 18.6 Å². The number of amides is 1. The molecular formula is C19H17ClF5N5O. The molecule has 0 saturated heterocycles. The van der Waals surface area contributed by atoms with Crippen molar-refractivity contribution in [1.82, 2.24) is 25.1 Å². The molecule has 0 radical (unpaired) electrons. The van der Waals surface area contributed by atoms with Crippen LogP contribution in [-0.2, 0) is 17.1 Å². The maximum absolute atomic E-state index is 13.6. The molecule has 0 saturated carbocycles. The van der Waals surface area contributed by atoms with Crippen LogP contribution in [0.15, 0.2) is 30.7 Å². The Balaban J connectivity index is 1.70. The lowest BCUT2D eigenvalue weighted by Gasteiger charge is -2.15. The van der Waals surface area contributed by atoms with E-state index in [2.05, 4.69) is 20.4 Å². The number of nitrogens with one attached hydrogen (secondary N) is 1. The van der Waals surface area contributed by atoms with Gasteiger partial charge >= 0.3 is 0 Å². The van der Waals surface area contributed by atoms with Crippen molar-refractivity contribution in [3.8, 4) is 0 Å². The molecule has 3 aromatic rings. The van der Waals surface area contributed by atoms with E-state index >= 15 is 0 Å². The molecule has 1 N–H and O–H groups in total. The van der Waals surface area contributed by atoms with Gasteiger partial charge in [0, 0.05) is 18.5 Å². The molecular weight excluding hydrogens is 445 g/mol. The molecule has 0 bridgehead atoms. The van der Waals surface area contributed by atoms with Gasteiger partial charge in [0.05, 0.1) is 41.1 Å². The molecule has 0 aliphatic heterocycles. The number of aromatic nitrogens is 4. The molecule has 0 aromatic carbocycles. The Morgan fingerprint density at radius 3 is 2.52 bits per heavy atom. The summed E-state index contributed by atoms with van der Waals surface area (Å²) in [5.74, 6) is -3.65. The van der Waals surface area contributed by atoms with Crippen LogP contribution in [0.5, 0.6) is 0 Å². The van der Waals surface area contributed by atoms with Gasteiger partial charge in [0.1, 0.15) is 5.69 Å². The molecule has 3 rings (SSSR count). The third kappa shape index (κ3) is 5.09. The highest BCUT2D eigenvalue weighted by molar-refractivity contribution is 6.31. The number of fused-ring (bicyclic) bond motifs is 1. The fourth-order valence-electron chi connectivity index (χ4n) is 2.95. The molecule has 3 heterocycles. The van der Waals surface area contributed by atoms with E-state index in [1.54, 1.807) is 6.92 Å². The zero-order valence-corrected chi connectivity index (χ0v) is 17.0. The first kappa shape index (κ1) is 22.9. The Morgan fingerprint density at radius 2 is 1.90 bits per heavy atom. The Labute approximate surface area is 178 Å². The van der Waals surface area contributed by atoms with Gasteiger partial charge in [-0.1, -0.05) is 11.6 Å². The van der Waals surface area contributed by atoms with Gasteiger partial charge in [-0.2, -0.15) is 13.9 Å². The first-order valence-electron chi connectivity index (χ1n) is 9.05. The van der Waals surface area contributed by atoms with Crippen LogP contribution in [-0.4, -0.2) is 32.1 Å². The third-order valence-corrected chi connectivity index (χ3v) is 4.73. The SMILES string of the molecule is CC(NC(=O)Cc1cnc(C(C)(F)F)c(Cl)c1)c1cc2cnn(C(F)C(F)F)c2cn1. The van der Waals surface area contributed by atoms with E-state index in [0.29, 0.717) is 28.2 Å². The molecule has 1 amide bonds. The van der Waals surface area contributed by atoms with Crippen LogP contribution >= 0.6 is 11.6 Å². The summed E-state index contributed by atoms with van der Waals surface area (Å²) in [6.07, 6.45) is -2.42. The summed E-state index contributed by atoms with van der Waals surface area (Å²) < 4.78 is 66.1. The minimum atomic E-state index is -3.23. The van der Waals surface area contributed by atoms with Crippen LogP contribution in [0.25, 0.3) is 10.9 Å². The van der Waals surface area contributed by atoms with E-state index in [1.165, 1.54) is 24.5 Å². The molecule has 3 aromatic heterocycles. The van der Waals surface area contributed by atoms with Gasteiger partial charge < -0.3 is 5.32 Å². The summed E-state index contributed by atoms with van der Waals surface area (Å²) in [6.45, 7) is 2.31. The minimum absolute atomic E-state index is 0.0867. The lowest BCUT2D eigenvalue weighted by atomic mass is 10.1. The summed E-state index contributed by atoms with van der Waals surface area (Å²) in [5.41, 5.74) is 0.245. The highest BCUT2D eigenvalue weighted by Crippen LogP contribution is 2.31. The van der Waals surface area contributed by atoms with Gasteiger partial charge in [-0.15, -0.1) is 0 Å². The van der Waals surface area contributed by atoms with Gasteiger partial charge in [-0.25, -0.2) is 17.9 Å². The third-order valence-electron chi connectivity index (χ3n) is 4.44. The predicted molar refractivity (Wildman–Crippen MR) is 103 cm³/mol. The molecule has 2 unspecified atom stereocenters. The monoisotopic (exact) mass is 461 g/mol. The Morgan fingerprint density at radius 1 is 1.19 bits per heavy atom. The quantitative estimate of drug-likeness (QED) is 0.516. The normalized spacial score (nSPS) is 14.1. The van der Waals surface area contributed by atoms with Crippen molar-refractivity contribution in [2.45, 2.75) is 45.0 Å². The van der Waals surface area contributed by atoms with E-state index in [-0.39, 0.29) is 17.0 Å². The predicted octanol–water partition coefficient (Wildman–Crippen LogP) is 4.74. The fourth-order valence-corrected chi connectivity index (χ4v) is 3.31. The van der Waals surface area contributed by atoms with Gasteiger partial charge in [-0.05, 0) is 24.6 Å². The second-order valence-corrected chi connectivity index (χ2v) is 7.40. The number of nitrogens with zero attached hydrogens (tertiary/aromatic N) is 4. The number of hydrogen-bond donors (Lipinski definition) is 1. The van der Waals surface area contributed by atoms with Crippen LogP contribution < -0.4 is 5.32 Å². The average Bonchev–Trinajstić information content (AvgIpc) is 3.09. The Bertz CT molecular complexity index is 1100. The van der Waals surface area contributed by atoms with E-state index < -0.39 is 36.3 Å².